The Morgan fingerprint density at radius 3 is 2.60 bits per heavy atom. The van der Waals surface area contributed by atoms with Gasteiger partial charge in [-0.05, 0) is 26.7 Å². The summed E-state index contributed by atoms with van der Waals surface area (Å²) >= 11 is 0. The third-order valence-electron chi connectivity index (χ3n) is 2.40. The number of carbonyl (C=O) groups excluding carboxylic acids is 1. The third-order valence-corrected chi connectivity index (χ3v) is 4.34. The molecule has 0 aliphatic heterocycles. The lowest BCUT2D eigenvalue weighted by atomic mass is 10.4. The van der Waals surface area contributed by atoms with Crippen molar-refractivity contribution in [1.82, 2.24) is 5.32 Å². The maximum atomic E-state index is 11.6. The molecule has 1 aliphatic carbocycles. The largest absolute Gasteiger partial charge is 0.352 e. The predicted molar refractivity (Wildman–Crippen MR) is 59.2 cm³/mol. The van der Waals surface area contributed by atoms with Crippen molar-refractivity contribution in [2.45, 2.75) is 38.0 Å². The van der Waals surface area contributed by atoms with E-state index in [1.54, 1.807) is 19.1 Å². The standard InChI is InChI=1S/C10H17NO3S/c1-3-4-7-15(13,14)8(2)10(12)11-9-5-6-9/h3-4,8-9H,5-7H2,1-2H3,(H,11,12)/b4-3+. The minimum Gasteiger partial charge on any atom is -0.352 e. The van der Waals surface area contributed by atoms with Gasteiger partial charge in [-0.15, -0.1) is 0 Å². The van der Waals surface area contributed by atoms with E-state index in [1.807, 2.05) is 0 Å². The van der Waals surface area contributed by atoms with Gasteiger partial charge in [0.25, 0.3) is 0 Å². The summed E-state index contributed by atoms with van der Waals surface area (Å²) in [5.74, 6) is -0.440. The zero-order valence-electron chi connectivity index (χ0n) is 9.06. The molecule has 1 amide bonds. The van der Waals surface area contributed by atoms with Crippen molar-refractivity contribution in [2.24, 2.45) is 0 Å². The lowest BCUT2D eigenvalue weighted by Gasteiger charge is -2.11. The molecule has 1 aliphatic rings. The highest BCUT2D eigenvalue weighted by molar-refractivity contribution is 7.92. The molecule has 1 unspecified atom stereocenters. The number of nitrogens with one attached hydrogen (secondary N) is 1. The summed E-state index contributed by atoms with van der Waals surface area (Å²) in [4.78, 5) is 11.5. The van der Waals surface area contributed by atoms with Crippen molar-refractivity contribution in [3.05, 3.63) is 12.2 Å². The Morgan fingerprint density at radius 2 is 2.13 bits per heavy atom. The van der Waals surface area contributed by atoms with Crippen LogP contribution in [0.2, 0.25) is 0 Å². The van der Waals surface area contributed by atoms with Crippen LogP contribution < -0.4 is 5.32 Å². The second-order valence-electron chi connectivity index (χ2n) is 3.82. The van der Waals surface area contributed by atoms with Gasteiger partial charge >= 0.3 is 0 Å². The quantitative estimate of drug-likeness (QED) is 0.706. The Hall–Kier alpha value is -0.840. The minimum atomic E-state index is -3.34. The van der Waals surface area contributed by atoms with Crippen LogP contribution in [-0.2, 0) is 14.6 Å². The molecule has 0 radical (unpaired) electrons. The van der Waals surface area contributed by atoms with Gasteiger partial charge in [0.15, 0.2) is 9.84 Å². The normalized spacial score (nSPS) is 19.1. The van der Waals surface area contributed by atoms with Crippen molar-refractivity contribution < 1.29 is 13.2 Å². The van der Waals surface area contributed by atoms with Crippen LogP contribution >= 0.6 is 0 Å². The van der Waals surface area contributed by atoms with E-state index in [1.165, 1.54) is 6.92 Å². The molecule has 0 heterocycles. The zero-order chi connectivity index (χ0) is 11.5. The van der Waals surface area contributed by atoms with Crippen molar-refractivity contribution in [2.75, 3.05) is 5.75 Å². The van der Waals surface area contributed by atoms with Gasteiger partial charge in [-0.3, -0.25) is 4.79 Å². The number of sulfone groups is 1. The van der Waals surface area contributed by atoms with Gasteiger partial charge in [0, 0.05) is 6.04 Å². The molecule has 1 N–H and O–H groups in total. The van der Waals surface area contributed by atoms with Gasteiger partial charge in [0.1, 0.15) is 5.25 Å². The molecule has 0 aromatic heterocycles. The second-order valence-corrected chi connectivity index (χ2v) is 6.19. The Balaban J connectivity index is 2.56. The first-order valence-corrected chi connectivity index (χ1v) is 6.82. The molecule has 4 nitrogen and oxygen atoms in total. The Labute approximate surface area is 90.7 Å². The smallest absolute Gasteiger partial charge is 0.238 e. The van der Waals surface area contributed by atoms with E-state index in [0.29, 0.717) is 0 Å². The Bertz CT molecular complexity index is 355. The van der Waals surface area contributed by atoms with E-state index in [4.69, 9.17) is 0 Å². The van der Waals surface area contributed by atoms with Crippen LogP contribution in [0.15, 0.2) is 12.2 Å². The topological polar surface area (TPSA) is 63.2 Å². The molecule has 15 heavy (non-hydrogen) atoms. The summed E-state index contributed by atoms with van der Waals surface area (Å²) in [6.45, 7) is 3.20. The summed E-state index contributed by atoms with van der Waals surface area (Å²) in [7, 11) is -3.34. The van der Waals surface area contributed by atoms with E-state index in [9.17, 15) is 13.2 Å². The van der Waals surface area contributed by atoms with E-state index in [0.717, 1.165) is 12.8 Å². The van der Waals surface area contributed by atoms with Crippen molar-refractivity contribution in [3.63, 3.8) is 0 Å². The summed E-state index contributed by atoms with van der Waals surface area (Å²) in [6, 6.07) is 0.205. The molecule has 0 aromatic rings. The highest BCUT2D eigenvalue weighted by Crippen LogP contribution is 2.19. The van der Waals surface area contributed by atoms with Gasteiger partial charge in [-0.1, -0.05) is 12.2 Å². The molecule has 0 saturated heterocycles. The molecule has 0 spiro atoms. The van der Waals surface area contributed by atoms with Crippen LogP contribution in [0.1, 0.15) is 26.7 Å². The fraction of sp³-hybridized carbons (Fsp3) is 0.700. The lowest BCUT2D eigenvalue weighted by Crippen LogP contribution is -2.39. The molecule has 1 saturated carbocycles. The molecule has 1 rings (SSSR count). The average molecular weight is 231 g/mol. The SMILES string of the molecule is C/C=C/CS(=O)(=O)C(C)C(=O)NC1CC1. The number of hydrogen-bond acceptors (Lipinski definition) is 3. The molecule has 1 fully saturated rings. The van der Waals surface area contributed by atoms with E-state index in [2.05, 4.69) is 5.32 Å². The number of carbonyl (C=O) groups is 1. The summed E-state index contributed by atoms with van der Waals surface area (Å²) in [6.07, 6.45) is 5.15. The minimum absolute atomic E-state index is 0.0667. The molecule has 1 atom stereocenters. The first-order valence-electron chi connectivity index (χ1n) is 5.10. The number of amides is 1. The fourth-order valence-electron chi connectivity index (χ4n) is 1.08. The van der Waals surface area contributed by atoms with E-state index >= 15 is 0 Å². The highest BCUT2D eigenvalue weighted by Gasteiger charge is 2.31. The van der Waals surface area contributed by atoms with E-state index < -0.39 is 15.1 Å². The van der Waals surface area contributed by atoms with Gasteiger partial charge < -0.3 is 5.32 Å². The maximum absolute atomic E-state index is 11.6. The highest BCUT2D eigenvalue weighted by atomic mass is 32.2. The van der Waals surface area contributed by atoms with Crippen LogP contribution in [0.5, 0.6) is 0 Å². The summed E-state index contributed by atoms with van der Waals surface area (Å²) < 4.78 is 23.2. The number of allylic oxidation sites excluding steroid dienone is 1. The monoisotopic (exact) mass is 231 g/mol. The van der Waals surface area contributed by atoms with Gasteiger partial charge in [-0.25, -0.2) is 8.42 Å². The van der Waals surface area contributed by atoms with Crippen LogP contribution in [0.4, 0.5) is 0 Å². The van der Waals surface area contributed by atoms with Crippen molar-refractivity contribution >= 4 is 15.7 Å². The van der Waals surface area contributed by atoms with Gasteiger partial charge in [0.05, 0.1) is 5.75 Å². The van der Waals surface area contributed by atoms with Crippen molar-refractivity contribution in [1.29, 1.82) is 0 Å². The zero-order valence-corrected chi connectivity index (χ0v) is 9.88. The second kappa shape index (κ2) is 4.79. The Morgan fingerprint density at radius 1 is 1.53 bits per heavy atom. The van der Waals surface area contributed by atoms with Gasteiger partial charge in [-0.2, -0.15) is 0 Å². The first-order chi connectivity index (χ1) is 6.97. The summed E-state index contributed by atoms with van der Waals surface area (Å²) in [5, 5.41) is 1.74. The van der Waals surface area contributed by atoms with Gasteiger partial charge in [0.2, 0.25) is 5.91 Å². The lowest BCUT2D eigenvalue weighted by molar-refractivity contribution is -0.120. The third kappa shape index (κ3) is 3.66. The van der Waals surface area contributed by atoms with Crippen LogP contribution in [0.3, 0.4) is 0 Å². The van der Waals surface area contributed by atoms with Crippen LogP contribution in [0, 0.1) is 0 Å². The predicted octanol–water partition coefficient (Wildman–Crippen LogP) is 0.644. The first kappa shape index (κ1) is 12.2. The average Bonchev–Trinajstić information content (AvgIpc) is 2.97. The Kier molecular flexibility index (Phi) is 3.90. The summed E-state index contributed by atoms with van der Waals surface area (Å²) in [5.41, 5.74) is 0. The molecule has 0 aromatic carbocycles. The number of rotatable bonds is 5. The molecular formula is C10H17NO3S. The maximum Gasteiger partial charge on any atom is 0.238 e. The molecule has 5 heteroatoms. The molecular weight excluding hydrogens is 214 g/mol. The molecule has 86 valence electrons. The van der Waals surface area contributed by atoms with Crippen molar-refractivity contribution in [3.8, 4) is 0 Å². The molecule has 0 bridgehead atoms. The number of hydrogen-bond donors (Lipinski definition) is 1. The fourth-order valence-corrected chi connectivity index (χ4v) is 2.23. The van der Waals surface area contributed by atoms with Crippen LogP contribution in [-0.4, -0.2) is 31.4 Å². The van der Waals surface area contributed by atoms with Crippen LogP contribution in [0.25, 0.3) is 0 Å². The van der Waals surface area contributed by atoms with E-state index in [-0.39, 0.29) is 17.7 Å².